The lowest BCUT2D eigenvalue weighted by Crippen LogP contribution is -2.47. The number of rotatable bonds is 15. The Morgan fingerprint density at radius 3 is 2.00 bits per heavy atom. The van der Waals surface area contributed by atoms with Crippen LogP contribution in [-0.4, -0.2) is 51.2 Å². The second kappa shape index (κ2) is 22.7. The Labute approximate surface area is 447 Å². The van der Waals surface area contributed by atoms with Crippen molar-refractivity contribution in [2.75, 3.05) is 13.2 Å². The number of amides is 1. The average molecular weight is 1050 g/mol. The third-order valence-corrected chi connectivity index (χ3v) is 17.5. The Bertz CT molecular complexity index is 3130. The van der Waals surface area contributed by atoms with Crippen molar-refractivity contribution in [3.63, 3.8) is 0 Å². The molecule has 2 aliphatic carbocycles. The van der Waals surface area contributed by atoms with Gasteiger partial charge in [0.25, 0.3) is 10.0 Å². The third-order valence-electron chi connectivity index (χ3n) is 15.5. The number of carbonyl (C=O) groups excluding carboxylic acids is 2. The summed E-state index contributed by atoms with van der Waals surface area (Å²) in [6, 6.07) is 40.1. The summed E-state index contributed by atoms with van der Waals surface area (Å²) in [5, 5.41) is 14.9. The molecular weight excluding hydrogens is 980 g/mol. The van der Waals surface area contributed by atoms with Gasteiger partial charge >= 0.3 is 12.1 Å². The molecule has 0 saturated heterocycles. The summed E-state index contributed by atoms with van der Waals surface area (Å²) in [6.07, 6.45) is 9.71. The molecule has 1 aliphatic heterocycles. The number of fused-ring (bicyclic) bond motifs is 4. The van der Waals surface area contributed by atoms with Crippen molar-refractivity contribution in [2.24, 2.45) is 0 Å². The second-order valence-corrected chi connectivity index (χ2v) is 23.1. The van der Waals surface area contributed by atoms with Crippen LogP contribution in [0.15, 0.2) is 132 Å². The second-order valence-electron chi connectivity index (χ2n) is 21.1. The number of ether oxygens (including phenoxy) is 3. The largest absolute Gasteiger partial charge is 0.487 e. The molecule has 4 N–H and O–H groups in total. The van der Waals surface area contributed by atoms with E-state index < -0.39 is 45.3 Å². The van der Waals surface area contributed by atoms with E-state index in [0.717, 1.165) is 46.2 Å². The zero-order chi connectivity index (χ0) is 52.9. The van der Waals surface area contributed by atoms with Crippen molar-refractivity contribution in [3.8, 4) is 16.9 Å². The molecule has 0 bridgehead atoms. The Hall–Kier alpha value is -6.63. The summed E-state index contributed by atoms with van der Waals surface area (Å²) in [5.41, 5.74) is 8.25. The van der Waals surface area contributed by atoms with Crippen molar-refractivity contribution >= 4 is 39.6 Å². The van der Waals surface area contributed by atoms with Crippen LogP contribution in [0.3, 0.4) is 0 Å². The van der Waals surface area contributed by atoms with Gasteiger partial charge in [-0.05, 0) is 111 Å². The summed E-state index contributed by atoms with van der Waals surface area (Å²) in [5.74, 6) is -0.432. The molecule has 1 fully saturated rings. The fourth-order valence-electron chi connectivity index (χ4n) is 11.7. The van der Waals surface area contributed by atoms with Crippen LogP contribution in [0.4, 0.5) is 4.79 Å². The summed E-state index contributed by atoms with van der Waals surface area (Å²) in [4.78, 5) is 29.5. The topological polar surface area (TPSA) is 156 Å². The van der Waals surface area contributed by atoms with Crippen LogP contribution in [0.2, 0.25) is 5.02 Å². The summed E-state index contributed by atoms with van der Waals surface area (Å²) < 4.78 is 49.6. The van der Waals surface area contributed by atoms with Crippen molar-refractivity contribution in [2.45, 2.75) is 139 Å². The monoisotopic (exact) mass is 1050 g/mol. The highest BCUT2D eigenvalue weighted by molar-refractivity contribution is 7.90. The predicted molar refractivity (Wildman–Crippen MR) is 296 cm³/mol. The van der Waals surface area contributed by atoms with Crippen molar-refractivity contribution in [1.82, 2.24) is 15.4 Å². The minimum Gasteiger partial charge on any atom is -0.487 e. The molecule has 6 aromatic carbocycles. The van der Waals surface area contributed by atoms with Crippen LogP contribution >= 0.6 is 11.6 Å². The standard InChI is InChI=1S/C62H69ClN4O7S/c1-40-41(2)57(42(3)56-51(40)38-61(4,5)73-56)75(70,71)67-59(64)65-37-21-32-55(66-60(69)72-39-52-49-28-17-15-26-47(49)48-27-16-18-29-50(48)52)58(68)74-62(45-24-13-10-14-25-45,53-30-19-20-31-54(53)63)46-35-33-44(34-36-46)43-22-11-8-6-7-9-12-23-43/h10,13-20,24-31,33-36,43,52,55H,6-9,11-12,21-23,32,37-39H2,1-5H3,(H,66,69)(H3,64,65,67)/t55-,62?/m0/s1. The van der Waals surface area contributed by atoms with E-state index in [4.69, 9.17) is 31.2 Å². The molecule has 11 nitrogen and oxygen atoms in total. The lowest BCUT2D eigenvalue weighted by molar-refractivity contribution is -0.156. The van der Waals surface area contributed by atoms with E-state index in [2.05, 4.69) is 39.6 Å². The molecule has 13 heteroatoms. The quantitative estimate of drug-likeness (QED) is 0.0260. The van der Waals surface area contributed by atoms with Crippen molar-refractivity contribution in [3.05, 3.63) is 188 Å². The van der Waals surface area contributed by atoms with Crippen LogP contribution in [0.1, 0.15) is 146 Å². The zero-order valence-corrected chi connectivity index (χ0v) is 45.3. The van der Waals surface area contributed by atoms with Gasteiger partial charge in [0.2, 0.25) is 5.96 Å². The molecule has 6 aromatic rings. The molecule has 0 spiro atoms. The Balaban J connectivity index is 0.990. The van der Waals surface area contributed by atoms with Gasteiger partial charge in [0.1, 0.15) is 24.0 Å². The van der Waals surface area contributed by atoms with Gasteiger partial charge in [-0.1, -0.05) is 171 Å². The number of benzene rings is 6. The number of sulfonamides is 1. The van der Waals surface area contributed by atoms with E-state index >= 15 is 4.79 Å². The third kappa shape index (κ3) is 11.3. The van der Waals surface area contributed by atoms with Gasteiger partial charge in [-0.2, -0.15) is 0 Å². The molecule has 1 unspecified atom stereocenters. The number of esters is 1. The van der Waals surface area contributed by atoms with Crippen LogP contribution < -0.4 is 20.1 Å². The van der Waals surface area contributed by atoms with Gasteiger partial charge in [-0.3, -0.25) is 5.41 Å². The van der Waals surface area contributed by atoms with Gasteiger partial charge in [0, 0.05) is 51.7 Å². The Kier molecular flexibility index (Phi) is 16.1. The number of hydrogen-bond acceptors (Lipinski definition) is 8. The lowest BCUT2D eigenvalue weighted by Gasteiger charge is -2.37. The van der Waals surface area contributed by atoms with E-state index in [0.29, 0.717) is 50.9 Å². The Morgan fingerprint density at radius 2 is 1.35 bits per heavy atom. The highest BCUT2D eigenvalue weighted by Crippen LogP contribution is 2.47. The average Bonchev–Trinajstić information content (AvgIpc) is 3.96. The molecule has 75 heavy (non-hydrogen) atoms. The molecule has 0 aromatic heterocycles. The number of nitrogens with one attached hydrogen (secondary N) is 4. The first kappa shape index (κ1) is 53.2. The van der Waals surface area contributed by atoms with Crippen LogP contribution in [0.5, 0.6) is 5.75 Å². The highest BCUT2D eigenvalue weighted by atomic mass is 35.5. The lowest BCUT2D eigenvalue weighted by atomic mass is 9.78. The molecule has 9 rings (SSSR count). The number of halogens is 1. The zero-order valence-electron chi connectivity index (χ0n) is 43.7. The van der Waals surface area contributed by atoms with E-state index in [9.17, 15) is 13.2 Å². The Morgan fingerprint density at radius 1 is 0.760 bits per heavy atom. The summed E-state index contributed by atoms with van der Waals surface area (Å²) >= 11 is 7.15. The van der Waals surface area contributed by atoms with Crippen LogP contribution in [0.25, 0.3) is 11.1 Å². The van der Waals surface area contributed by atoms with Gasteiger partial charge in [0.15, 0.2) is 5.60 Å². The molecule has 1 saturated carbocycles. The number of carbonyl (C=O) groups is 2. The maximum Gasteiger partial charge on any atom is 0.407 e. The summed E-state index contributed by atoms with van der Waals surface area (Å²) in [7, 11) is -4.23. The van der Waals surface area contributed by atoms with Crippen LogP contribution in [-0.2, 0) is 36.3 Å². The first-order valence-electron chi connectivity index (χ1n) is 26.5. The molecule has 392 valence electrons. The number of alkyl carbamates (subject to hydrolysis) is 1. The van der Waals surface area contributed by atoms with Gasteiger partial charge in [0.05, 0.1) is 4.90 Å². The minimum absolute atomic E-state index is 0.0218. The van der Waals surface area contributed by atoms with E-state index in [1.807, 2.05) is 118 Å². The summed E-state index contributed by atoms with van der Waals surface area (Å²) in [6.45, 7) is 9.43. The smallest absolute Gasteiger partial charge is 0.407 e. The van der Waals surface area contributed by atoms with Gasteiger partial charge < -0.3 is 24.8 Å². The minimum atomic E-state index is -4.23. The molecular formula is C62H69ClN4O7S. The maximum atomic E-state index is 15.3. The van der Waals surface area contributed by atoms with Crippen LogP contribution in [0, 0.1) is 26.2 Å². The van der Waals surface area contributed by atoms with Gasteiger partial charge in [-0.15, -0.1) is 0 Å². The number of guanidine groups is 1. The van der Waals surface area contributed by atoms with E-state index in [-0.39, 0.29) is 36.8 Å². The number of hydrogen-bond donors (Lipinski definition) is 4. The molecule has 2 atom stereocenters. The molecule has 1 heterocycles. The maximum absolute atomic E-state index is 15.3. The normalized spacial score (nSPS) is 16.6. The molecule has 0 radical (unpaired) electrons. The SMILES string of the molecule is Cc1c(C)c(S(=O)(=O)NC(=N)NCCC[C@H](NC(=O)OCC2c3ccccc3-c3ccccc32)C(=O)OC(c2ccccc2)(c2ccc(C3CCCCCCCC3)cc2)c2ccccc2Cl)c(C)c2c1CC(C)(C)O2. The van der Waals surface area contributed by atoms with E-state index in [1.54, 1.807) is 19.9 Å². The predicted octanol–water partition coefficient (Wildman–Crippen LogP) is 13.2. The molecule has 3 aliphatic rings. The van der Waals surface area contributed by atoms with Gasteiger partial charge in [-0.25, -0.2) is 22.7 Å². The van der Waals surface area contributed by atoms with Crippen molar-refractivity contribution < 1.29 is 32.2 Å². The first-order valence-corrected chi connectivity index (χ1v) is 28.4. The first-order chi connectivity index (χ1) is 36.1. The molecule has 1 amide bonds. The van der Waals surface area contributed by atoms with Crippen molar-refractivity contribution in [1.29, 1.82) is 5.41 Å². The highest BCUT2D eigenvalue weighted by Gasteiger charge is 2.44. The fraction of sp³-hybridized carbons (Fsp3) is 0.371. The van der Waals surface area contributed by atoms with E-state index in [1.165, 1.54) is 44.1 Å². The fourth-order valence-corrected chi connectivity index (χ4v) is 13.5.